The van der Waals surface area contributed by atoms with Crippen LogP contribution in [0.25, 0.3) is 0 Å². The zero-order valence-corrected chi connectivity index (χ0v) is 25.9. The van der Waals surface area contributed by atoms with E-state index in [4.69, 9.17) is 4.74 Å². The normalized spacial score (nSPS) is 51.9. The van der Waals surface area contributed by atoms with Crippen molar-refractivity contribution in [2.24, 2.45) is 53.3 Å². The molecule has 0 amide bonds. The summed E-state index contributed by atoms with van der Waals surface area (Å²) in [6, 6.07) is 1.05. The number of carboxylic acids is 1. The van der Waals surface area contributed by atoms with Gasteiger partial charge in [0.25, 0.3) is 0 Å². The lowest BCUT2D eigenvalue weighted by molar-refractivity contribution is -0.175. The van der Waals surface area contributed by atoms with Crippen molar-refractivity contribution in [2.45, 2.75) is 121 Å². The van der Waals surface area contributed by atoms with Crippen LogP contribution in [-0.2, 0) is 19.1 Å². The maximum absolute atomic E-state index is 13.6. The quantitative estimate of drug-likeness (QED) is 0.188. The Hall–Kier alpha value is -1.81. The van der Waals surface area contributed by atoms with E-state index in [0.717, 1.165) is 25.7 Å². The SMILES string of the molecule is C=CC1C2CC3NC(CC4NC5C(C(=O)OC(=O)C5C5NC(CC(N2)C1C)C(C)C5CCC(=O)O)C4C)C(CC)C3C. The van der Waals surface area contributed by atoms with Crippen LogP contribution in [-0.4, -0.2) is 71.3 Å². The number of hydrogen-bond acceptors (Lipinski definition) is 8. The number of carbonyl (C=O) groups is 3. The van der Waals surface area contributed by atoms with Crippen molar-refractivity contribution >= 4 is 17.9 Å². The number of esters is 2. The Labute approximate surface area is 250 Å². The van der Waals surface area contributed by atoms with Crippen molar-refractivity contribution in [3.8, 4) is 0 Å². The molecule has 9 nitrogen and oxygen atoms in total. The van der Waals surface area contributed by atoms with E-state index in [-0.39, 0.29) is 54.3 Å². The molecule has 0 aromatic heterocycles. The summed E-state index contributed by atoms with van der Waals surface area (Å²) in [6.45, 7) is 15.6. The van der Waals surface area contributed by atoms with E-state index in [9.17, 15) is 19.5 Å². The molecule has 6 rings (SSSR count). The average Bonchev–Trinajstić information content (AvgIpc) is 3.61. The van der Waals surface area contributed by atoms with Gasteiger partial charge in [0, 0.05) is 54.8 Å². The summed E-state index contributed by atoms with van der Waals surface area (Å²) in [5.74, 6) is -0.505. The van der Waals surface area contributed by atoms with Crippen molar-refractivity contribution in [3.05, 3.63) is 12.7 Å². The number of carboxylic acid groups (broad SMARTS) is 1. The molecule has 0 radical (unpaired) electrons. The van der Waals surface area contributed by atoms with Crippen LogP contribution in [0.3, 0.4) is 0 Å². The van der Waals surface area contributed by atoms with Crippen LogP contribution in [0.4, 0.5) is 0 Å². The van der Waals surface area contributed by atoms with Gasteiger partial charge in [-0.1, -0.05) is 47.1 Å². The predicted molar refractivity (Wildman–Crippen MR) is 159 cm³/mol. The molecule has 0 aromatic rings. The number of aliphatic carboxylic acids is 1. The van der Waals surface area contributed by atoms with Gasteiger partial charge in [0.05, 0.1) is 11.8 Å². The van der Waals surface area contributed by atoms with Crippen LogP contribution in [0, 0.1) is 53.3 Å². The molecule has 8 bridgehead atoms. The molecule has 5 N–H and O–H groups in total. The molecule has 6 fully saturated rings. The summed E-state index contributed by atoms with van der Waals surface area (Å²) >= 11 is 0. The van der Waals surface area contributed by atoms with Gasteiger partial charge in [-0.15, -0.1) is 6.58 Å². The molecule has 6 aliphatic rings. The molecular formula is C33H52N4O5. The fourth-order valence-electron chi connectivity index (χ4n) is 10.6. The third-order valence-electron chi connectivity index (χ3n) is 13.0. The molecule has 17 atom stereocenters. The van der Waals surface area contributed by atoms with Crippen molar-refractivity contribution in [1.82, 2.24) is 21.3 Å². The van der Waals surface area contributed by atoms with Crippen molar-refractivity contribution in [2.75, 3.05) is 0 Å². The first-order chi connectivity index (χ1) is 20.0. The maximum atomic E-state index is 13.6. The van der Waals surface area contributed by atoms with E-state index >= 15 is 0 Å². The number of rotatable bonds is 5. The fraction of sp³-hybridized carbons (Fsp3) is 0.848. The Morgan fingerprint density at radius 2 is 1.33 bits per heavy atom. The predicted octanol–water partition coefficient (Wildman–Crippen LogP) is 2.70. The van der Waals surface area contributed by atoms with Gasteiger partial charge in [-0.05, 0) is 67.1 Å². The van der Waals surface area contributed by atoms with Crippen molar-refractivity contribution in [3.63, 3.8) is 0 Å². The zero-order chi connectivity index (χ0) is 30.0. The largest absolute Gasteiger partial charge is 0.481 e. The van der Waals surface area contributed by atoms with Crippen LogP contribution < -0.4 is 21.3 Å². The van der Waals surface area contributed by atoms with Crippen LogP contribution in [0.15, 0.2) is 12.7 Å². The molecule has 6 saturated heterocycles. The van der Waals surface area contributed by atoms with Gasteiger partial charge in [-0.2, -0.15) is 0 Å². The molecule has 0 saturated carbocycles. The lowest BCUT2D eigenvalue weighted by Gasteiger charge is -2.37. The van der Waals surface area contributed by atoms with Crippen LogP contribution in [0.5, 0.6) is 0 Å². The average molecular weight is 585 g/mol. The fourth-order valence-corrected chi connectivity index (χ4v) is 10.6. The van der Waals surface area contributed by atoms with E-state index in [1.165, 1.54) is 0 Å². The summed E-state index contributed by atoms with van der Waals surface area (Å²) in [5, 5.41) is 25.4. The van der Waals surface area contributed by atoms with Gasteiger partial charge in [-0.3, -0.25) is 14.4 Å². The highest BCUT2D eigenvalue weighted by Gasteiger charge is 2.60. The molecular weight excluding hydrogens is 532 g/mol. The Kier molecular flexibility index (Phi) is 8.35. The van der Waals surface area contributed by atoms with Crippen LogP contribution in [0.2, 0.25) is 0 Å². The topological polar surface area (TPSA) is 129 Å². The van der Waals surface area contributed by atoms with E-state index < -0.39 is 23.8 Å². The molecule has 17 unspecified atom stereocenters. The van der Waals surface area contributed by atoms with E-state index in [2.05, 4.69) is 68.5 Å². The number of cyclic esters (lactones) is 2. The maximum Gasteiger partial charge on any atom is 0.319 e. The minimum absolute atomic E-state index is 0.00458. The van der Waals surface area contributed by atoms with Gasteiger partial charge in [0.2, 0.25) is 0 Å². The Morgan fingerprint density at radius 3 is 2.02 bits per heavy atom. The van der Waals surface area contributed by atoms with Crippen LogP contribution in [0.1, 0.15) is 73.1 Å². The third-order valence-corrected chi connectivity index (χ3v) is 13.0. The van der Waals surface area contributed by atoms with Gasteiger partial charge >= 0.3 is 17.9 Å². The number of ether oxygens (including phenoxy) is 1. The minimum atomic E-state index is -0.820. The summed E-state index contributed by atoms with van der Waals surface area (Å²) in [5.41, 5.74) is 0. The molecule has 234 valence electrons. The lowest BCUT2D eigenvalue weighted by atomic mass is 9.72. The second kappa shape index (κ2) is 11.6. The smallest absolute Gasteiger partial charge is 0.319 e. The number of fused-ring (bicyclic) bond motifs is 8. The second-order valence-electron chi connectivity index (χ2n) is 14.8. The molecule has 42 heavy (non-hydrogen) atoms. The summed E-state index contributed by atoms with van der Waals surface area (Å²) in [4.78, 5) is 38.5. The van der Waals surface area contributed by atoms with E-state index in [1.54, 1.807) is 0 Å². The summed E-state index contributed by atoms with van der Waals surface area (Å²) < 4.78 is 5.51. The number of hydrogen-bond donors (Lipinski definition) is 5. The zero-order valence-electron chi connectivity index (χ0n) is 25.9. The number of carbonyl (C=O) groups excluding carboxylic acids is 2. The molecule has 0 spiro atoms. The Bertz CT molecular complexity index is 1080. The highest BCUT2D eigenvalue weighted by Crippen LogP contribution is 2.47. The molecule has 0 aliphatic carbocycles. The standard InChI is InChI=1S/C33H52N4O5/c1-7-18-14(3)21-11-23-16(5)20(9-10-27(38)39)30(36-23)29-31-28(32(40)42-33(29)41)17(6)24(37-31)13-26-19(8-2)15(4)22(35-26)12-25(18)34-21/h7,14-26,28-31,34-37H,1,8-13H2,2-6H3,(H,38,39). The van der Waals surface area contributed by atoms with Crippen molar-refractivity contribution < 1.29 is 24.2 Å². The molecule has 0 aromatic carbocycles. The van der Waals surface area contributed by atoms with Crippen LogP contribution >= 0.6 is 0 Å². The monoisotopic (exact) mass is 584 g/mol. The van der Waals surface area contributed by atoms with Gasteiger partial charge in [-0.25, -0.2) is 0 Å². The van der Waals surface area contributed by atoms with Gasteiger partial charge in [0.1, 0.15) is 0 Å². The second-order valence-corrected chi connectivity index (χ2v) is 14.8. The first-order valence-electron chi connectivity index (χ1n) is 16.7. The molecule has 6 aliphatic heterocycles. The summed E-state index contributed by atoms with van der Waals surface area (Å²) in [6.07, 6.45) is 6.67. The molecule has 9 heteroatoms. The van der Waals surface area contributed by atoms with Crippen molar-refractivity contribution in [1.29, 1.82) is 0 Å². The number of nitrogens with one attached hydrogen (secondary N) is 4. The highest BCUT2D eigenvalue weighted by atomic mass is 16.6. The first kappa shape index (κ1) is 30.2. The third kappa shape index (κ3) is 4.96. The summed E-state index contributed by atoms with van der Waals surface area (Å²) in [7, 11) is 0. The van der Waals surface area contributed by atoms with Gasteiger partial charge in [0.15, 0.2) is 0 Å². The van der Waals surface area contributed by atoms with E-state index in [0.29, 0.717) is 54.3 Å². The molecule has 6 heterocycles. The Morgan fingerprint density at radius 1 is 0.786 bits per heavy atom. The van der Waals surface area contributed by atoms with Gasteiger partial charge < -0.3 is 31.1 Å². The Balaban J connectivity index is 1.39. The first-order valence-corrected chi connectivity index (χ1v) is 16.7. The van der Waals surface area contributed by atoms with E-state index in [1.807, 2.05) is 0 Å². The lowest BCUT2D eigenvalue weighted by Crippen LogP contribution is -2.58. The minimum Gasteiger partial charge on any atom is -0.481 e. The highest BCUT2D eigenvalue weighted by molar-refractivity contribution is 5.93.